The fourth-order valence-electron chi connectivity index (χ4n) is 1.54. The van der Waals surface area contributed by atoms with Crippen LogP contribution in [0.25, 0.3) is 0 Å². The quantitative estimate of drug-likeness (QED) is 0.700. The molecule has 0 aromatic carbocycles. The number of halogens is 1. The average molecular weight is 188 g/mol. The molecule has 1 fully saturated rings. The van der Waals surface area contributed by atoms with E-state index in [9.17, 15) is 9.18 Å². The molecule has 1 heterocycles. The Balaban J connectivity index is 2.26. The highest BCUT2D eigenvalue weighted by Gasteiger charge is 2.13. The van der Waals surface area contributed by atoms with Gasteiger partial charge in [0.05, 0.1) is 0 Å². The monoisotopic (exact) mass is 188 g/mol. The largest absolute Gasteiger partial charge is 0.335 e. The van der Waals surface area contributed by atoms with Crippen molar-refractivity contribution in [2.24, 2.45) is 0 Å². The Labute approximate surface area is 78.3 Å². The van der Waals surface area contributed by atoms with Crippen molar-refractivity contribution in [3.05, 3.63) is 0 Å². The van der Waals surface area contributed by atoms with Crippen LogP contribution in [-0.4, -0.2) is 37.2 Å². The highest BCUT2D eigenvalue weighted by molar-refractivity contribution is 5.74. The second kappa shape index (κ2) is 5.78. The first kappa shape index (κ1) is 10.3. The number of likely N-dealkylation sites (tertiary alicyclic amines) is 1. The molecule has 1 aliphatic rings. The molecule has 0 atom stereocenters. The van der Waals surface area contributed by atoms with E-state index in [0.717, 1.165) is 25.9 Å². The van der Waals surface area contributed by atoms with Gasteiger partial charge in [-0.3, -0.25) is 0 Å². The van der Waals surface area contributed by atoms with Crippen molar-refractivity contribution in [1.82, 2.24) is 10.2 Å². The molecule has 3 nitrogen and oxygen atoms in total. The number of rotatable bonds is 2. The normalized spacial score (nSPS) is 18.1. The van der Waals surface area contributed by atoms with Crippen LogP contribution in [0, 0.1) is 0 Å². The van der Waals surface area contributed by atoms with Gasteiger partial charge in [-0.25, -0.2) is 9.18 Å². The SMILES string of the molecule is O=C(NCCF)N1CCCCCC1. The molecular weight excluding hydrogens is 171 g/mol. The number of nitrogens with zero attached hydrogens (tertiary/aromatic N) is 1. The summed E-state index contributed by atoms with van der Waals surface area (Å²) < 4.78 is 11.8. The van der Waals surface area contributed by atoms with Crippen LogP contribution in [0.3, 0.4) is 0 Å². The van der Waals surface area contributed by atoms with Gasteiger partial charge in [-0.1, -0.05) is 12.8 Å². The summed E-state index contributed by atoms with van der Waals surface area (Å²) >= 11 is 0. The van der Waals surface area contributed by atoms with Crippen LogP contribution in [0.4, 0.5) is 9.18 Å². The Morgan fingerprint density at radius 1 is 1.23 bits per heavy atom. The Morgan fingerprint density at radius 2 is 1.85 bits per heavy atom. The summed E-state index contributed by atoms with van der Waals surface area (Å²) in [4.78, 5) is 13.1. The van der Waals surface area contributed by atoms with Crippen LogP contribution < -0.4 is 5.32 Å². The van der Waals surface area contributed by atoms with E-state index < -0.39 is 6.67 Å². The molecule has 0 aromatic heterocycles. The minimum Gasteiger partial charge on any atom is -0.335 e. The van der Waals surface area contributed by atoms with E-state index in [2.05, 4.69) is 5.32 Å². The van der Waals surface area contributed by atoms with Crippen molar-refractivity contribution in [1.29, 1.82) is 0 Å². The first-order valence-corrected chi connectivity index (χ1v) is 4.93. The molecule has 0 unspecified atom stereocenters. The maximum Gasteiger partial charge on any atom is 0.317 e. The molecule has 0 aromatic rings. The number of carbonyl (C=O) groups is 1. The smallest absolute Gasteiger partial charge is 0.317 e. The predicted octanol–water partition coefficient (Wildman–Crippen LogP) is 1.54. The Hall–Kier alpha value is -0.800. The van der Waals surface area contributed by atoms with Gasteiger partial charge in [0.2, 0.25) is 0 Å². The van der Waals surface area contributed by atoms with Crippen LogP contribution >= 0.6 is 0 Å². The fraction of sp³-hybridized carbons (Fsp3) is 0.889. The molecular formula is C9H17FN2O. The van der Waals surface area contributed by atoms with Gasteiger partial charge in [0.25, 0.3) is 0 Å². The van der Waals surface area contributed by atoms with Gasteiger partial charge >= 0.3 is 6.03 Å². The van der Waals surface area contributed by atoms with Crippen molar-refractivity contribution in [3.63, 3.8) is 0 Å². The maximum absolute atomic E-state index is 11.8. The molecule has 1 N–H and O–H groups in total. The van der Waals surface area contributed by atoms with Gasteiger partial charge in [-0.2, -0.15) is 0 Å². The lowest BCUT2D eigenvalue weighted by molar-refractivity contribution is 0.199. The average Bonchev–Trinajstić information content (AvgIpc) is 2.42. The van der Waals surface area contributed by atoms with Crippen molar-refractivity contribution in [2.75, 3.05) is 26.3 Å². The lowest BCUT2D eigenvalue weighted by Crippen LogP contribution is -2.41. The van der Waals surface area contributed by atoms with E-state index in [1.165, 1.54) is 12.8 Å². The van der Waals surface area contributed by atoms with Gasteiger partial charge in [0, 0.05) is 19.6 Å². The van der Waals surface area contributed by atoms with Crippen LogP contribution in [0.1, 0.15) is 25.7 Å². The van der Waals surface area contributed by atoms with Crippen molar-refractivity contribution < 1.29 is 9.18 Å². The zero-order valence-electron chi connectivity index (χ0n) is 7.89. The molecule has 13 heavy (non-hydrogen) atoms. The minimum atomic E-state index is -0.487. The summed E-state index contributed by atoms with van der Waals surface area (Å²) in [6, 6.07) is -0.112. The molecule has 1 rings (SSSR count). The molecule has 0 radical (unpaired) electrons. The number of alkyl halides is 1. The Morgan fingerprint density at radius 3 is 2.38 bits per heavy atom. The summed E-state index contributed by atoms with van der Waals surface area (Å²) in [7, 11) is 0. The Kier molecular flexibility index (Phi) is 4.57. The number of amides is 2. The summed E-state index contributed by atoms with van der Waals surface area (Å²) in [5, 5.41) is 2.54. The standard InChI is InChI=1S/C9H17FN2O/c10-5-6-11-9(13)12-7-3-1-2-4-8-12/h1-8H2,(H,11,13). The van der Waals surface area contributed by atoms with Gasteiger partial charge in [0.1, 0.15) is 6.67 Å². The zero-order chi connectivity index (χ0) is 9.52. The second-order valence-corrected chi connectivity index (χ2v) is 3.32. The highest BCUT2D eigenvalue weighted by atomic mass is 19.1. The summed E-state index contributed by atoms with van der Waals surface area (Å²) in [5.74, 6) is 0. The highest BCUT2D eigenvalue weighted by Crippen LogP contribution is 2.09. The molecule has 1 saturated heterocycles. The molecule has 2 amide bonds. The second-order valence-electron chi connectivity index (χ2n) is 3.32. The lowest BCUT2D eigenvalue weighted by Gasteiger charge is -2.20. The Bertz CT molecular complexity index is 156. The molecule has 4 heteroatoms. The van der Waals surface area contributed by atoms with E-state index >= 15 is 0 Å². The van der Waals surface area contributed by atoms with E-state index in [1.54, 1.807) is 4.90 Å². The van der Waals surface area contributed by atoms with E-state index in [4.69, 9.17) is 0 Å². The van der Waals surface area contributed by atoms with Crippen molar-refractivity contribution in [3.8, 4) is 0 Å². The van der Waals surface area contributed by atoms with Crippen LogP contribution in [0.2, 0.25) is 0 Å². The van der Waals surface area contributed by atoms with Gasteiger partial charge in [-0.05, 0) is 12.8 Å². The fourth-order valence-corrected chi connectivity index (χ4v) is 1.54. The lowest BCUT2D eigenvalue weighted by atomic mass is 10.2. The van der Waals surface area contributed by atoms with Crippen LogP contribution in [-0.2, 0) is 0 Å². The number of nitrogens with one attached hydrogen (secondary N) is 1. The molecule has 76 valence electrons. The van der Waals surface area contributed by atoms with Gasteiger partial charge in [-0.15, -0.1) is 0 Å². The van der Waals surface area contributed by atoms with Crippen LogP contribution in [0.5, 0.6) is 0 Å². The van der Waals surface area contributed by atoms with Gasteiger partial charge < -0.3 is 10.2 Å². The summed E-state index contributed by atoms with van der Waals surface area (Å²) in [6.45, 7) is 1.28. The van der Waals surface area contributed by atoms with E-state index in [-0.39, 0.29) is 12.6 Å². The third kappa shape index (κ3) is 3.61. The van der Waals surface area contributed by atoms with Gasteiger partial charge in [0.15, 0.2) is 0 Å². The third-order valence-corrected chi connectivity index (χ3v) is 2.26. The molecule has 0 saturated carbocycles. The first-order chi connectivity index (χ1) is 6.34. The number of urea groups is 1. The van der Waals surface area contributed by atoms with E-state index in [1.807, 2.05) is 0 Å². The van der Waals surface area contributed by atoms with E-state index in [0.29, 0.717) is 0 Å². The molecule has 0 spiro atoms. The number of carbonyl (C=O) groups excluding carboxylic acids is 1. The molecule has 0 aliphatic carbocycles. The molecule has 1 aliphatic heterocycles. The third-order valence-electron chi connectivity index (χ3n) is 2.26. The zero-order valence-corrected chi connectivity index (χ0v) is 7.89. The summed E-state index contributed by atoms with van der Waals surface area (Å²) in [6.07, 6.45) is 4.55. The topological polar surface area (TPSA) is 32.3 Å². The predicted molar refractivity (Wildman–Crippen MR) is 49.4 cm³/mol. The summed E-state index contributed by atoms with van der Waals surface area (Å²) in [5.41, 5.74) is 0. The van der Waals surface area contributed by atoms with Crippen molar-refractivity contribution in [2.45, 2.75) is 25.7 Å². The minimum absolute atomic E-state index is 0.112. The van der Waals surface area contributed by atoms with Crippen LogP contribution in [0.15, 0.2) is 0 Å². The maximum atomic E-state index is 11.8. The number of hydrogen-bond acceptors (Lipinski definition) is 1. The number of hydrogen-bond donors (Lipinski definition) is 1. The first-order valence-electron chi connectivity index (χ1n) is 4.93. The molecule has 0 bridgehead atoms. The van der Waals surface area contributed by atoms with Crippen molar-refractivity contribution >= 4 is 6.03 Å².